The molecule has 158 valence electrons. The van der Waals surface area contributed by atoms with Crippen LogP contribution in [0, 0.1) is 5.92 Å². The van der Waals surface area contributed by atoms with Crippen LogP contribution in [0.3, 0.4) is 0 Å². The van der Waals surface area contributed by atoms with Crippen LogP contribution in [0.4, 0.5) is 17.1 Å². The molecule has 0 atom stereocenters. The smallest absolute Gasteiger partial charge is 0.313 e. The second-order valence-electron chi connectivity index (χ2n) is 7.95. The van der Waals surface area contributed by atoms with Crippen molar-refractivity contribution in [3.8, 4) is 0 Å². The van der Waals surface area contributed by atoms with Gasteiger partial charge in [-0.1, -0.05) is 48.5 Å². The van der Waals surface area contributed by atoms with Gasteiger partial charge in [0.2, 0.25) is 0 Å². The molecule has 3 aromatic carbocycles. The molecule has 1 saturated heterocycles. The molecule has 0 aliphatic carbocycles. The third kappa shape index (κ3) is 5.72. The summed E-state index contributed by atoms with van der Waals surface area (Å²) in [6, 6.07) is 27.6. The van der Waals surface area contributed by atoms with Crippen molar-refractivity contribution >= 4 is 28.9 Å². The number of piperidine rings is 1. The highest BCUT2D eigenvalue weighted by Crippen LogP contribution is 2.22. The Balaban J connectivity index is 1.25. The summed E-state index contributed by atoms with van der Waals surface area (Å²) in [5.74, 6) is -0.478. The van der Waals surface area contributed by atoms with E-state index in [1.54, 1.807) is 17.0 Å². The van der Waals surface area contributed by atoms with Gasteiger partial charge in [-0.3, -0.25) is 9.59 Å². The molecule has 5 heteroatoms. The Kier molecular flexibility index (Phi) is 6.62. The van der Waals surface area contributed by atoms with Gasteiger partial charge < -0.3 is 15.5 Å². The molecule has 1 fully saturated rings. The standard InChI is InChI=1S/C26H27N3O2/c30-25(28-24-13-11-23(12-14-24)27-22-9-5-2-6-10-22)26(31)29-17-15-21(16-18-29)19-20-7-3-1-4-8-20/h1-14,21,27H,15-19H2,(H,28,30). The van der Waals surface area contributed by atoms with Gasteiger partial charge in [0.1, 0.15) is 0 Å². The summed E-state index contributed by atoms with van der Waals surface area (Å²) in [5, 5.41) is 6.02. The van der Waals surface area contributed by atoms with Crippen molar-refractivity contribution in [2.45, 2.75) is 19.3 Å². The number of nitrogens with one attached hydrogen (secondary N) is 2. The Morgan fingerprint density at radius 2 is 1.29 bits per heavy atom. The number of anilines is 3. The molecule has 0 saturated carbocycles. The molecule has 5 nitrogen and oxygen atoms in total. The lowest BCUT2D eigenvalue weighted by molar-refractivity contribution is -0.144. The average Bonchev–Trinajstić information content (AvgIpc) is 2.82. The molecule has 31 heavy (non-hydrogen) atoms. The topological polar surface area (TPSA) is 61.4 Å². The van der Waals surface area contributed by atoms with Gasteiger partial charge in [-0.25, -0.2) is 0 Å². The summed E-state index contributed by atoms with van der Waals surface area (Å²) in [6.07, 6.45) is 2.87. The zero-order chi connectivity index (χ0) is 21.5. The van der Waals surface area contributed by atoms with E-state index in [2.05, 4.69) is 34.9 Å². The molecule has 4 rings (SSSR count). The summed E-state index contributed by atoms with van der Waals surface area (Å²) < 4.78 is 0. The van der Waals surface area contributed by atoms with Crippen molar-refractivity contribution in [2.24, 2.45) is 5.92 Å². The van der Waals surface area contributed by atoms with Gasteiger partial charge in [0.15, 0.2) is 0 Å². The molecule has 1 aliphatic rings. The maximum atomic E-state index is 12.6. The lowest BCUT2D eigenvalue weighted by Gasteiger charge is -2.31. The molecule has 0 radical (unpaired) electrons. The first-order valence-corrected chi connectivity index (χ1v) is 10.7. The molecule has 0 spiro atoms. The van der Waals surface area contributed by atoms with Crippen LogP contribution in [0.25, 0.3) is 0 Å². The van der Waals surface area contributed by atoms with E-state index in [9.17, 15) is 9.59 Å². The maximum Gasteiger partial charge on any atom is 0.313 e. The minimum absolute atomic E-state index is 0.454. The minimum atomic E-state index is -0.578. The van der Waals surface area contributed by atoms with Gasteiger partial charge >= 0.3 is 11.8 Å². The Hall–Kier alpha value is -3.60. The normalized spacial score (nSPS) is 14.1. The van der Waals surface area contributed by atoms with Gasteiger partial charge in [-0.05, 0) is 67.1 Å². The lowest BCUT2D eigenvalue weighted by atomic mass is 9.90. The number of amides is 2. The summed E-state index contributed by atoms with van der Waals surface area (Å²) in [7, 11) is 0. The number of para-hydroxylation sites is 1. The van der Waals surface area contributed by atoms with Crippen LogP contribution in [0.2, 0.25) is 0 Å². The summed E-state index contributed by atoms with van der Waals surface area (Å²) in [4.78, 5) is 26.7. The number of carbonyl (C=O) groups is 2. The van der Waals surface area contributed by atoms with Crippen LogP contribution in [0.1, 0.15) is 18.4 Å². The molecule has 3 aromatic rings. The largest absolute Gasteiger partial charge is 0.356 e. The van der Waals surface area contributed by atoms with E-state index in [1.165, 1.54) is 5.56 Å². The van der Waals surface area contributed by atoms with E-state index in [0.717, 1.165) is 30.6 Å². The summed E-state index contributed by atoms with van der Waals surface area (Å²) in [5.41, 5.74) is 3.84. The average molecular weight is 414 g/mol. The van der Waals surface area contributed by atoms with Gasteiger partial charge in [0, 0.05) is 30.2 Å². The molecular formula is C26H27N3O2. The van der Waals surface area contributed by atoms with Crippen LogP contribution in [-0.4, -0.2) is 29.8 Å². The first kappa shape index (κ1) is 20.7. The fourth-order valence-corrected chi connectivity index (χ4v) is 3.94. The Bertz CT molecular complexity index is 996. The molecule has 1 aliphatic heterocycles. The number of likely N-dealkylation sites (tertiary alicyclic amines) is 1. The van der Waals surface area contributed by atoms with Gasteiger partial charge in [-0.2, -0.15) is 0 Å². The van der Waals surface area contributed by atoms with Crippen molar-refractivity contribution < 1.29 is 9.59 Å². The molecule has 2 N–H and O–H groups in total. The van der Waals surface area contributed by atoms with Crippen molar-refractivity contribution in [3.63, 3.8) is 0 Å². The van der Waals surface area contributed by atoms with Crippen LogP contribution >= 0.6 is 0 Å². The zero-order valence-electron chi connectivity index (χ0n) is 17.5. The highest BCUT2D eigenvalue weighted by atomic mass is 16.2. The fourth-order valence-electron chi connectivity index (χ4n) is 3.94. The van der Waals surface area contributed by atoms with E-state index >= 15 is 0 Å². The molecule has 0 unspecified atom stereocenters. The first-order chi connectivity index (χ1) is 15.2. The Labute approximate surface area is 183 Å². The fraction of sp³-hybridized carbons (Fsp3) is 0.231. The molecular weight excluding hydrogens is 386 g/mol. The van der Waals surface area contributed by atoms with E-state index in [1.807, 2.05) is 48.5 Å². The summed E-state index contributed by atoms with van der Waals surface area (Å²) >= 11 is 0. The van der Waals surface area contributed by atoms with E-state index in [-0.39, 0.29) is 0 Å². The summed E-state index contributed by atoms with van der Waals surface area (Å²) in [6.45, 7) is 1.26. The van der Waals surface area contributed by atoms with Crippen molar-refractivity contribution in [1.29, 1.82) is 0 Å². The molecule has 1 heterocycles. The van der Waals surface area contributed by atoms with Crippen LogP contribution in [0.5, 0.6) is 0 Å². The van der Waals surface area contributed by atoms with Gasteiger partial charge in [0.05, 0.1) is 0 Å². The highest BCUT2D eigenvalue weighted by molar-refractivity contribution is 6.39. The van der Waals surface area contributed by atoms with Crippen LogP contribution in [0.15, 0.2) is 84.9 Å². The zero-order valence-corrected chi connectivity index (χ0v) is 17.5. The van der Waals surface area contributed by atoms with E-state index in [4.69, 9.17) is 0 Å². The minimum Gasteiger partial charge on any atom is -0.356 e. The number of rotatable bonds is 5. The quantitative estimate of drug-likeness (QED) is 0.588. The maximum absolute atomic E-state index is 12.6. The Morgan fingerprint density at radius 3 is 1.94 bits per heavy atom. The van der Waals surface area contributed by atoms with E-state index < -0.39 is 11.8 Å². The third-order valence-electron chi connectivity index (χ3n) is 5.67. The predicted octanol–water partition coefficient (Wildman–Crippen LogP) is 4.85. The predicted molar refractivity (Wildman–Crippen MR) is 124 cm³/mol. The second kappa shape index (κ2) is 9.94. The molecule has 0 aromatic heterocycles. The second-order valence-corrected chi connectivity index (χ2v) is 7.95. The third-order valence-corrected chi connectivity index (χ3v) is 5.67. The van der Waals surface area contributed by atoms with Crippen molar-refractivity contribution in [2.75, 3.05) is 23.7 Å². The number of hydrogen-bond donors (Lipinski definition) is 2. The van der Waals surface area contributed by atoms with Gasteiger partial charge in [-0.15, -0.1) is 0 Å². The van der Waals surface area contributed by atoms with Crippen molar-refractivity contribution in [3.05, 3.63) is 90.5 Å². The lowest BCUT2D eigenvalue weighted by Crippen LogP contribution is -2.44. The SMILES string of the molecule is O=C(Nc1ccc(Nc2ccccc2)cc1)C(=O)N1CCC(Cc2ccccc2)CC1. The number of benzene rings is 3. The number of hydrogen-bond acceptors (Lipinski definition) is 3. The molecule has 2 amide bonds. The van der Waals surface area contributed by atoms with E-state index in [0.29, 0.717) is 24.7 Å². The van der Waals surface area contributed by atoms with Crippen molar-refractivity contribution in [1.82, 2.24) is 4.90 Å². The Morgan fingerprint density at radius 1 is 0.742 bits per heavy atom. The van der Waals surface area contributed by atoms with Crippen LogP contribution < -0.4 is 10.6 Å². The number of carbonyl (C=O) groups excluding carboxylic acids is 2. The number of nitrogens with zero attached hydrogens (tertiary/aromatic N) is 1. The first-order valence-electron chi connectivity index (χ1n) is 10.7. The highest BCUT2D eigenvalue weighted by Gasteiger charge is 2.27. The van der Waals surface area contributed by atoms with Gasteiger partial charge in [0.25, 0.3) is 0 Å². The van der Waals surface area contributed by atoms with Crippen LogP contribution in [-0.2, 0) is 16.0 Å². The monoisotopic (exact) mass is 413 g/mol. The molecule has 0 bridgehead atoms.